The molecule has 0 aromatic rings. The second-order valence-corrected chi connectivity index (χ2v) is 17.5. The van der Waals surface area contributed by atoms with Gasteiger partial charge in [0.2, 0.25) is 0 Å². The second kappa shape index (κ2) is 40.7. The molecule has 57 heavy (non-hydrogen) atoms. The van der Waals surface area contributed by atoms with Gasteiger partial charge in [0.1, 0.15) is 19.3 Å². The SMILES string of the molecule is CC/C=C\C/C=C\C/C=C\C/C=C\CCCCCCC(=O)OC(COCCCCCCCCCC/C=C\C/C=C\CCCCC)COP(=O)(O)OCC[N+](C)(C)C. The molecule has 0 bridgehead atoms. The van der Waals surface area contributed by atoms with Crippen LogP contribution in [0.1, 0.15) is 168 Å². The lowest BCUT2D eigenvalue weighted by atomic mass is 10.1. The van der Waals surface area contributed by atoms with Crippen molar-refractivity contribution in [3.8, 4) is 0 Å². The molecule has 0 aliphatic heterocycles. The Morgan fingerprint density at radius 3 is 1.53 bits per heavy atom. The molecule has 2 unspecified atom stereocenters. The number of quaternary nitrogens is 1. The van der Waals surface area contributed by atoms with Crippen LogP contribution in [0, 0.1) is 0 Å². The van der Waals surface area contributed by atoms with Crippen molar-refractivity contribution in [2.45, 2.75) is 174 Å². The summed E-state index contributed by atoms with van der Waals surface area (Å²) < 4.78 is 35.0. The lowest BCUT2D eigenvalue weighted by Gasteiger charge is -2.24. The van der Waals surface area contributed by atoms with E-state index in [4.69, 9.17) is 18.5 Å². The number of unbranched alkanes of at least 4 members (excludes halogenated alkanes) is 15. The van der Waals surface area contributed by atoms with Gasteiger partial charge in [-0.15, -0.1) is 0 Å². The second-order valence-electron chi connectivity index (χ2n) is 16.0. The van der Waals surface area contributed by atoms with Crippen molar-refractivity contribution < 1.29 is 37.3 Å². The lowest BCUT2D eigenvalue weighted by molar-refractivity contribution is -0.870. The van der Waals surface area contributed by atoms with Gasteiger partial charge in [0.15, 0.2) is 0 Å². The number of nitrogens with zero attached hydrogens (tertiary/aromatic N) is 1. The molecule has 0 heterocycles. The summed E-state index contributed by atoms with van der Waals surface area (Å²) in [7, 11) is 1.63. The van der Waals surface area contributed by atoms with E-state index in [1.165, 1.54) is 70.6 Å². The van der Waals surface area contributed by atoms with Crippen molar-refractivity contribution >= 4 is 13.8 Å². The third kappa shape index (κ3) is 44.9. The van der Waals surface area contributed by atoms with Crippen LogP contribution in [0.25, 0.3) is 0 Å². The fourth-order valence-electron chi connectivity index (χ4n) is 5.75. The summed E-state index contributed by atoms with van der Waals surface area (Å²) in [5.74, 6) is -0.341. The quantitative estimate of drug-likeness (QED) is 0.0216. The summed E-state index contributed by atoms with van der Waals surface area (Å²) in [6.07, 6.45) is 52.2. The smallest absolute Gasteiger partial charge is 0.457 e. The van der Waals surface area contributed by atoms with Crippen molar-refractivity contribution in [2.75, 3.05) is 54.1 Å². The van der Waals surface area contributed by atoms with Crippen molar-refractivity contribution in [3.63, 3.8) is 0 Å². The third-order valence-electron chi connectivity index (χ3n) is 9.25. The summed E-state index contributed by atoms with van der Waals surface area (Å²) >= 11 is 0. The van der Waals surface area contributed by atoms with Gasteiger partial charge in [-0.1, -0.05) is 151 Å². The minimum atomic E-state index is -4.29. The molecule has 0 radical (unpaired) electrons. The maximum absolute atomic E-state index is 12.7. The summed E-state index contributed by atoms with van der Waals surface area (Å²) in [6, 6.07) is 0. The first-order valence-electron chi connectivity index (χ1n) is 22.7. The first-order valence-corrected chi connectivity index (χ1v) is 24.2. The largest absolute Gasteiger partial charge is 0.472 e. The van der Waals surface area contributed by atoms with Crippen molar-refractivity contribution in [1.29, 1.82) is 0 Å². The number of esters is 1. The molecule has 0 rings (SSSR count). The Labute approximate surface area is 351 Å². The minimum Gasteiger partial charge on any atom is -0.457 e. The van der Waals surface area contributed by atoms with Crippen LogP contribution in [0.2, 0.25) is 0 Å². The summed E-state index contributed by atoms with van der Waals surface area (Å²) in [4.78, 5) is 22.9. The Bertz CT molecular complexity index is 1140. The first kappa shape index (κ1) is 54.9. The monoisotopic (exact) mass is 821 g/mol. The third-order valence-corrected chi connectivity index (χ3v) is 10.2. The molecule has 0 amide bonds. The highest BCUT2D eigenvalue weighted by atomic mass is 31.2. The molecule has 0 aromatic heterocycles. The van der Waals surface area contributed by atoms with Crippen LogP contribution in [-0.2, 0) is 27.9 Å². The van der Waals surface area contributed by atoms with Crippen molar-refractivity contribution in [1.82, 2.24) is 0 Å². The number of rotatable bonds is 41. The molecule has 330 valence electrons. The Hall–Kier alpha value is -2.06. The maximum Gasteiger partial charge on any atom is 0.472 e. The molecule has 0 aliphatic rings. The number of carbonyl (C=O) groups excluding carboxylic acids is 1. The zero-order valence-electron chi connectivity index (χ0n) is 37.3. The van der Waals surface area contributed by atoms with E-state index in [1.807, 2.05) is 21.1 Å². The Kier molecular flexibility index (Phi) is 39.2. The van der Waals surface area contributed by atoms with Gasteiger partial charge < -0.3 is 18.9 Å². The average molecular weight is 821 g/mol. The fraction of sp³-hybridized carbons (Fsp3) is 0.729. The van der Waals surface area contributed by atoms with E-state index in [0.717, 1.165) is 77.0 Å². The standard InChI is InChI=1S/C48H86NO7P/c1-6-8-10-12-14-16-18-20-22-24-26-28-30-32-34-36-38-40-43-53-45-47(46-55-57(51,52)54-44-42-49(3,4)5)56-48(50)41-39-37-35-33-31-29-27-25-23-21-19-17-15-13-11-9-7-2/h9,11,14-17,20-23,27,29,47H,6-8,10,12-13,18-19,24-26,28,30-46H2,1-5H3/p+1/b11-9-,16-14-,17-15-,22-20-,23-21-,29-27-. The van der Waals surface area contributed by atoms with E-state index in [1.54, 1.807) is 0 Å². The van der Waals surface area contributed by atoms with Gasteiger partial charge in [-0.05, 0) is 83.5 Å². The lowest BCUT2D eigenvalue weighted by Crippen LogP contribution is -2.37. The predicted molar refractivity (Wildman–Crippen MR) is 242 cm³/mol. The Morgan fingerprint density at radius 1 is 0.561 bits per heavy atom. The van der Waals surface area contributed by atoms with Crippen LogP contribution in [-0.4, -0.2) is 75.6 Å². The molecule has 1 N–H and O–H groups in total. The van der Waals surface area contributed by atoms with Gasteiger partial charge >= 0.3 is 13.8 Å². The molecule has 0 aromatic carbocycles. The van der Waals surface area contributed by atoms with Gasteiger partial charge in [0.05, 0.1) is 34.4 Å². The molecule has 8 nitrogen and oxygen atoms in total. The highest BCUT2D eigenvalue weighted by Gasteiger charge is 2.26. The van der Waals surface area contributed by atoms with Crippen LogP contribution in [0.3, 0.4) is 0 Å². The number of hydrogen-bond acceptors (Lipinski definition) is 6. The van der Waals surface area contributed by atoms with E-state index in [-0.39, 0.29) is 25.8 Å². The first-order chi connectivity index (χ1) is 27.6. The van der Waals surface area contributed by atoms with E-state index >= 15 is 0 Å². The zero-order valence-corrected chi connectivity index (χ0v) is 38.2. The topological polar surface area (TPSA) is 91.3 Å². The normalized spacial score (nSPS) is 14.4. The van der Waals surface area contributed by atoms with E-state index in [0.29, 0.717) is 24.1 Å². The maximum atomic E-state index is 12.7. The molecule has 9 heteroatoms. The highest BCUT2D eigenvalue weighted by Crippen LogP contribution is 2.43. The molecule has 0 fully saturated rings. The van der Waals surface area contributed by atoms with Gasteiger partial charge in [-0.3, -0.25) is 13.8 Å². The van der Waals surface area contributed by atoms with Crippen LogP contribution in [0.4, 0.5) is 0 Å². The number of carbonyl (C=O) groups is 1. The highest BCUT2D eigenvalue weighted by molar-refractivity contribution is 7.47. The Balaban J connectivity index is 4.29. The summed E-state index contributed by atoms with van der Waals surface area (Å²) in [5, 5.41) is 0. The summed E-state index contributed by atoms with van der Waals surface area (Å²) in [5.41, 5.74) is 0. The van der Waals surface area contributed by atoms with Gasteiger partial charge in [0, 0.05) is 13.0 Å². The molecule has 0 saturated heterocycles. The minimum absolute atomic E-state index is 0.0786. The predicted octanol–water partition coefficient (Wildman–Crippen LogP) is 13.5. The van der Waals surface area contributed by atoms with Gasteiger partial charge in [0.25, 0.3) is 0 Å². The van der Waals surface area contributed by atoms with Gasteiger partial charge in [-0.2, -0.15) is 0 Å². The fourth-order valence-corrected chi connectivity index (χ4v) is 6.49. The summed E-state index contributed by atoms with van der Waals surface area (Å²) in [6.45, 7) is 5.42. The zero-order chi connectivity index (χ0) is 42.0. The molecule has 2 atom stereocenters. The van der Waals surface area contributed by atoms with E-state index < -0.39 is 13.9 Å². The van der Waals surface area contributed by atoms with E-state index in [9.17, 15) is 14.3 Å². The number of phosphoric ester groups is 1. The van der Waals surface area contributed by atoms with Crippen LogP contribution in [0.15, 0.2) is 72.9 Å². The number of hydrogen-bond donors (Lipinski definition) is 1. The van der Waals surface area contributed by atoms with Crippen LogP contribution in [0.5, 0.6) is 0 Å². The number of allylic oxidation sites excluding steroid dienone is 12. The molecule has 0 spiro atoms. The van der Waals surface area contributed by atoms with Crippen molar-refractivity contribution in [3.05, 3.63) is 72.9 Å². The molecule has 0 saturated carbocycles. The number of phosphoric acid groups is 1. The van der Waals surface area contributed by atoms with Crippen molar-refractivity contribution in [2.24, 2.45) is 0 Å². The molecular formula is C48H87NO7P+. The van der Waals surface area contributed by atoms with Crippen LogP contribution >= 0.6 is 7.82 Å². The van der Waals surface area contributed by atoms with Crippen LogP contribution < -0.4 is 0 Å². The van der Waals surface area contributed by atoms with Gasteiger partial charge in [-0.25, -0.2) is 4.57 Å². The average Bonchev–Trinajstić information content (AvgIpc) is 3.16. The Morgan fingerprint density at radius 2 is 1.02 bits per heavy atom. The van der Waals surface area contributed by atoms with E-state index in [2.05, 4.69) is 86.8 Å². The number of ether oxygens (including phenoxy) is 2. The number of likely N-dealkylation sites (N-methyl/N-ethyl adjacent to an activating group) is 1. The molecular weight excluding hydrogens is 734 g/mol. The molecule has 0 aliphatic carbocycles.